The lowest BCUT2D eigenvalue weighted by Gasteiger charge is -2.42. The summed E-state index contributed by atoms with van der Waals surface area (Å²) in [5.74, 6) is -0.659. The van der Waals surface area contributed by atoms with Crippen LogP contribution in [-0.2, 0) is 4.74 Å². The van der Waals surface area contributed by atoms with Crippen LogP contribution in [0.5, 0.6) is 0 Å². The number of nitrogens with zero attached hydrogens (tertiary/aromatic N) is 1. The van der Waals surface area contributed by atoms with Crippen molar-refractivity contribution in [1.29, 1.82) is 0 Å². The van der Waals surface area contributed by atoms with Gasteiger partial charge in [-0.2, -0.15) is 0 Å². The first-order valence-electron chi connectivity index (χ1n) is 6.28. The first-order valence-corrected chi connectivity index (χ1v) is 6.28. The third-order valence-corrected chi connectivity index (χ3v) is 3.52. The Bertz CT molecular complexity index is 491. The molecule has 0 aliphatic carbocycles. The van der Waals surface area contributed by atoms with E-state index in [9.17, 15) is 9.18 Å². The molecule has 2 N–H and O–H groups in total. The van der Waals surface area contributed by atoms with Crippen LogP contribution >= 0.6 is 0 Å². The number of benzene rings is 1. The van der Waals surface area contributed by atoms with E-state index < -0.39 is 11.4 Å². The van der Waals surface area contributed by atoms with Gasteiger partial charge in [-0.3, -0.25) is 4.79 Å². The summed E-state index contributed by atoms with van der Waals surface area (Å²) in [5.41, 5.74) is 6.28. The molecule has 4 nitrogen and oxygen atoms in total. The predicted octanol–water partition coefficient (Wildman–Crippen LogP) is 1.97. The average molecular weight is 266 g/mol. The highest BCUT2D eigenvalue weighted by atomic mass is 19.1. The molecule has 19 heavy (non-hydrogen) atoms. The molecule has 0 radical (unpaired) electrons. The van der Waals surface area contributed by atoms with Crippen molar-refractivity contribution < 1.29 is 13.9 Å². The Hall–Kier alpha value is -1.62. The lowest BCUT2D eigenvalue weighted by atomic mass is 10.00. The molecule has 1 aromatic carbocycles. The van der Waals surface area contributed by atoms with Gasteiger partial charge in [0.2, 0.25) is 0 Å². The molecule has 0 aromatic heterocycles. The topological polar surface area (TPSA) is 55.6 Å². The van der Waals surface area contributed by atoms with Crippen LogP contribution in [0.1, 0.15) is 29.8 Å². The number of ether oxygens (including phenoxy) is 1. The van der Waals surface area contributed by atoms with Crippen molar-refractivity contribution in [3.05, 3.63) is 29.1 Å². The highest BCUT2D eigenvalue weighted by Gasteiger charge is 2.34. The van der Waals surface area contributed by atoms with Gasteiger partial charge in [-0.05, 0) is 32.9 Å². The normalized spacial score (nSPS) is 18.4. The zero-order chi connectivity index (χ0) is 14.2. The van der Waals surface area contributed by atoms with E-state index in [1.807, 2.05) is 13.8 Å². The van der Waals surface area contributed by atoms with Gasteiger partial charge in [-0.15, -0.1) is 0 Å². The van der Waals surface area contributed by atoms with E-state index in [0.29, 0.717) is 31.0 Å². The van der Waals surface area contributed by atoms with Gasteiger partial charge in [-0.25, -0.2) is 4.39 Å². The summed E-state index contributed by atoms with van der Waals surface area (Å²) in [6.45, 7) is 6.93. The molecule has 0 atom stereocenters. The molecule has 1 amide bonds. The number of nitrogen functional groups attached to an aromatic ring is 1. The fourth-order valence-electron chi connectivity index (χ4n) is 2.21. The average Bonchev–Trinajstić information content (AvgIpc) is 2.34. The number of hydrogen-bond donors (Lipinski definition) is 1. The lowest BCUT2D eigenvalue weighted by Crippen LogP contribution is -2.55. The summed E-state index contributed by atoms with van der Waals surface area (Å²) in [6.07, 6.45) is 0. The molecule has 1 saturated heterocycles. The molecular weight excluding hydrogens is 247 g/mol. The fourth-order valence-corrected chi connectivity index (χ4v) is 2.21. The third-order valence-electron chi connectivity index (χ3n) is 3.52. The van der Waals surface area contributed by atoms with Crippen molar-refractivity contribution >= 4 is 11.6 Å². The molecule has 1 aliphatic rings. The van der Waals surface area contributed by atoms with Crippen LogP contribution in [-0.4, -0.2) is 36.1 Å². The zero-order valence-electron chi connectivity index (χ0n) is 11.5. The summed E-state index contributed by atoms with van der Waals surface area (Å²) in [6, 6.07) is 2.78. The Morgan fingerprint density at radius 2 is 2.16 bits per heavy atom. The van der Waals surface area contributed by atoms with Gasteiger partial charge < -0.3 is 15.4 Å². The minimum Gasteiger partial charge on any atom is -0.398 e. The van der Waals surface area contributed by atoms with E-state index >= 15 is 0 Å². The Morgan fingerprint density at radius 3 is 2.74 bits per heavy atom. The first-order chi connectivity index (χ1) is 8.83. The zero-order valence-corrected chi connectivity index (χ0v) is 11.5. The van der Waals surface area contributed by atoms with Crippen molar-refractivity contribution in [1.82, 2.24) is 4.90 Å². The van der Waals surface area contributed by atoms with Crippen LogP contribution in [0.3, 0.4) is 0 Å². The molecule has 0 unspecified atom stereocenters. The maximum Gasteiger partial charge on any atom is 0.254 e. The van der Waals surface area contributed by atoms with Gasteiger partial charge in [-0.1, -0.05) is 0 Å². The van der Waals surface area contributed by atoms with Gasteiger partial charge in [0.25, 0.3) is 5.91 Å². The van der Waals surface area contributed by atoms with Crippen LogP contribution in [0, 0.1) is 12.7 Å². The molecule has 0 spiro atoms. The van der Waals surface area contributed by atoms with E-state index in [2.05, 4.69) is 0 Å². The van der Waals surface area contributed by atoms with Crippen LogP contribution in [0.25, 0.3) is 0 Å². The van der Waals surface area contributed by atoms with Gasteiger partial charge >= 0.3 is 0 Å². The Kier molecular flexibility index (Phi) is 3.49. The number of halogens is 1. The maximum absolute atomic E-state index is 13.7. The Morgan fingerprint density at radius 1 is 1.47 bits per heavy atom. The van der Waals surface area contributed by atoms with Crippen molar-refractivity contribution in [2.75, 3.05) is 25.5 Å². The number of hydrogen-bond acceptors (Lipinski definition) is 3. The molecule has 104 valence electrons. The molecule has 1 aromatic rings. The Labute approximate surface area is 112 Å². The molecule has 1 heterocycles. The first kappa shape index (κ1) is 13.8. The van der Waals surface area contributed by atoms with Crippen LogP contribution in [0.2, 0.25) is 0 Å². The number of amides is 1. The van der Waals surface area contributed by atoms with Crippen molar-refractivity contribution in [3.63, 3.8) is 0 Å². The van der Waals surface area contributed by atoms with Crippen molar-refractivity contribution in [2.24, 2.45) is 0 Å². The smallest absolute Gasteiger partial charge is 0.254 e. The SMILES string of the molecule is Cc1c(N)cc(C(=O)N2CCOCC2(C)C)cc1F. The summed E-state index contributed by atoms with van der Waals surface area (Å²) < 4.78 is 19.1. The van der Waals surface area contributed by atoms with E-state index in [1.165, 1.54) is 12.1 Å². The molecule has 1 aliphatic heterocycles. The van der Waals surface area contributed by atoms with Crippen molar-refractivity contribution in [2.45, 2.75) is 26.3 Å². The van der Waals surface area contributed by atoms with E-state index in [1.54, 1.807) is 11.8 Å². The third kappa shape index (κ3) is 2.56. The van der Waals surface area contributed by atoms with Crippen LogP contribution in [0.4, 0.5) is 10.1 Å². The number of carbonyl (C=O) groups excluding carboxylic acids is 1. The molecule has 0 saturated carbocycles. The Balaban J connectivity index is 2.34. The van der Waals surface area contributed by atoms with E-state index in [-0.39, 0.29) is 11.5 Å². The van der Waals surface area contributed by atoms with Crippen LogP contribution < -0.4 is 5.73 Å². The number of rotatable bonds is 1. The van der Waals surface area contributed by atoms with Gasteiger partial charge in [0.05, 0.1) is 18.8 Å². The molecule has 5 heteroatoms. The van der Waals surface area contributed by atoms with E-state index in [0.717, 1.165) is 0 Å². The summed E-state index contributed by atoms with van der Waals surface area (Å²) >= 11 is 0. The molecule has 1 fully saturated rings. The summed E-state index contributed by atoms with van der Waals surface area (Å²) in [7, 11) is 0. The quantitative estimate of drug-likeness (QED) is 0.791. The number of carbonyl (C=O) groups is 1. The minimum atomic E-state index is -0.450. The highest BCUT2D eigenvalue weighted by Crippen LogP contribution is 2.24. The highest BCUT2D eigenvalue weighted by molar-refractivity contribution is 5.95. The number of morpholine rings is 1. The standard InChI is InChI=1S/C14H19FN2O2/c1-9-11(15)6-10(7-12(9)16)13(18)17-4-5-19-8-14(17,2)3/h6-7H,4-5,8,16H2,1-3H3. The molecule has 0 bridgehead atoms. The predicted molar refractivity (Wildman–Crippen MR) is 71.5 cm³/mol. The second-order valence-corrected chi connectivity index (χ2v) is 5.49. The molecular formula is C14H19FN2O2. The van der Waals surface area contributed by atoms with Gasteiger partial charge in [0.1, 0.15) is 5.82 Å². The monoisotopic (exact) mass is 266 g/mol. The van der Waals surface area contributed by atoms with Crippen LogP contribution in [0.15, 0.2) is 12.1 Å². The lowest BCUT2D eigenvalue weighted by molar-refractivity contribution is -0.0370. The second kappa shape index (κ2) is 4.81. The summed E-state index contributed by atoms with van der Waals surface area (Å²) in [5, 5.41) is 0. The summed E-state index contributed by atoms with van der Waals surface area (Å²) in [4.78, 5) is 14.2. The largest absolute Gasteiger partial charge is 0.398 e. The molecule has 2 rings (SSSR count). The maximum atomic E-state index is 13.7. The second-order valence-electron chi connectivity index (χ2n) is 5.49. The van der Waals surface area contributed by atoms with E-state index in [4.69, 9.17) is 10.5 Å². The minimum absolute atomic E-state index is 0.209. The number of nitrogens with two attached hydrogens (primary N) is 1. The number of anilines is 1. The van der Waals surface area contributed by atoms with Gasteiger partial charge in [0.15, 0.2) is 0 Å². The van der Waals surface area contributed by atoms with Gasteiger partial charge in [0, 0.05) is 23.4 Å². The van der Waals surface area contributed by atoms with Crippen molar-refractivity contribution in [3.8, 4) is 0 Å². The fraction of sp³-hybridized carbons (Fsp3) is 0.500.